The molecular formula is C17H26O5. The van der Waals surface area contributed by atoms with Crippen LogP contribution in [0.5, 0.6) is 5.75 Å². The average molecular weight is 310 g/mol. The maximum Gasteiger partial charge on any atom is 0.335 e. The molecule has 22 heavy (non-hydrogen) atoms. The van der Waals surface area contributed by atoms with E-state index >= 15 is 0 Å². The minimum absolute atomic E-state index is 0.349. The molecule has 1 rings (SSSR count). The van der Waals surface area contributed by atoms with E-state index in [0.717, 1.165) is 12.8 Å². The number of aliphatic carboxylic acids is 1. The zero-order chi connectivity index (χ0) is 16.4. The summed E-state index contributed by atoms with van der Waals surface area (Å²) >= 11 is 0. The number of carbonyl (C=O) groups is 1. The minimum atomic E-state index is -1.82. The number of aliphatic hydroxyl groups excluding tert-OH is 2. The van der Waals surface area contributed by atoms with Crippen LogP contribution in [-0.2, 0) is 4.79 Å². The number of benzene rings is 1. The lowest BCUT2D eigenvalue weighted by Gasteiger charge is -2.14. The smallest absolute Gasteiger partial charge is 0.335 e. The third kappa shape index (κ3) is 6.45. The first kappa shape index (κ1) is 18.5. The highest BCUT2D eigenvalue weighted by Crippen LogP contribution is 2.21. The van der Waals surface area contributed by atoms with Crippen LogP contribution in [0.3, 0.4) is 0 Å². The summed E-state index contributed by atoms with van der Waals surface area (Å²) in [5.74, 6) is -0.773. The Morgan fingerprint density at radius 3 is 2.23 bits per heavy atom. The number of rotatable bonds is 11. The van der Waals surface area contributed by atoms with E-state index in [9.17, 15) is 15.0 Å². The number of carboxylic acids is 1. The molecule has 0 saturated carbocycles. The minimum Gasteiger partial charge on any atom is -0.494 e. The molecule has 0 aliphatic carbocycles. The highest BCUT2D eigenvalue weighted by Gasteiger charge is 2.24. The molecule has 124 valence electrons. The molecule has 0 aliphatic rings. The van der Waals surface area contributed by atoms with E-state index in [1.165, 1.54) is 25.7 Å². The summed E-state index contributed by atoms with van der Waals surface area (Å²) in [6.45, 7) is 2.84. The van der Waals surface area contributed by atoms with Gasteiger partial charge in [-0.2, -0.15) is 0 Å². The molecule has 1 aromatic rings. The van der Waals surface area contributed by atoms with Gasteiger partial charge in [-0.3, -0.25) is 0 Å². The average Bonchev–Trinajstić information content (AvgIpc) is 2.53. The second kappa shape index (κ2) is 10.2. The number of hydrogen-bond acceptors (Lipinski definition) is 4. The number of ether oxygens (including phenoxy) is 1. The molecule has 0 radical (unpaired) electrons. The van der Waals surface area contributed by atoms with Crippen molar-refractivity contribution in [2.45, 2.75) is 57.7 Å². The lowest BCUT2D eigenvalue weighted by molar-refractivity contribution is -0.153. The molecule has 1 aromatic carbocycles. The Morgan fingerprint density at radius 1 is 1.05 bits per heavy atom. The fourth-order valence-electron chi connectivity index (χ4n) is 2.15. The summed E-state index contributed by atoms with van der Waals surface area (Å²) in [6, 6.07) is 6.47. The third-order valence-corrected chi connectivity index (χ3v) is 3.54. The van der Waals surface area contributed by atoms with Gasteiger partial charge in [0.05, 0.1) is 6.61 Å². The van der Waals surface area contributed by atoms with Gasteiger partial charge in [-0.05, 0) is 24.1 Å². The van der Waals surface area contributed by atoms with Crippen LogP contribution in [0.25, 0.3) is 0 Å². The molecule has 5 nitrogen and oxygen atoms in total. The molecule has 2 atom stereocenters. The molecule has 5 heteroatoms. The van der Waals surface area contributed by atoms with Crippen molar-refractivity contribution in [3.63, 3.8) is 0 Å². The highest BCUT2D eigenvalue weighted by molar-refractivity contribution is 5.73. The predicted octanol–water partition coefficient (Wildman–Crippen LogP) is 2.90. The predicted molar refractivity (Wildman–Crippen MR) is 83.9 cm³/mol. The van der Waals surface area contributed by atoms with Crippen molar-refractivity contribution in [3.05, 3.63) is 29.8 Å². The van der Waals surface area contributed by atoms with E-state index in [1.807, 2.05) is 0 Å². The van der Waals surface area contributed by atoms with Crippen LogP contribution in [0.15, 0.2) is 24.3 Å². The zero-order valence-electron chi connectivity index (χ0n) is 13.1. The number of aliphatic hydroxyl groups is 2. The van der Waals surface area contributed by atoms with Gasteiger partial charge in [-0.1, -0.05) is 51.2 Å². The fraction of sp³-hybridized carbons (Fsp3) is 0.588. The first-order valence-corrected chi connectivity index (χ1v) is 7.88. The standard InChI is InChI=1S/C17H26O5/c1-2-3-4-5-6-7-12-22-14-10-8-13(9-11-14)15(18)16(19)17(20)21/h8-11,15-16,18-19H,2-7,12H2,1H3,(H,20,21). The van der Waals surface area contributed by atoms with Crippen LogP contribution in [-0.4, -0.2) is 34.0 Å². The van der Waals surface area contributed by atoms with Crippen molar-refractivity contribution in [1.82, 2.24) is 0 Å². The van der Waals surface area contributed by atoms with Gasteiger partial charge in [-0.15, -0.1) is 0 Å². The second-order valence-corrected chi connectivity index (χ2v) is 5.41. The maximum atomic E-state index is 10.6. The summed E-state index contributed by atoms with van der Waals surface area (Å²) in [5, 5.41) is 27.6. The quantitative estimate of drug-likeness (QED) is 0.547. The molecule has 0 aliphatic heterocycles. The first-order chi connectivity index (χ1) is 10.6. The Bertz CT molecular complexity index is 429. The second-order valence-electron chi connectivity index (χ2n) is 5.41. The molecule has 0 heterocycles. The van der Waals surface area contributed by atoms with E-state index < -0.39 is 18.2 Å². The maximum absolute atomic E-state index is 10.6. The number of carboxylic acid groups (broad SMARTS) is 1. The molecule has 0 amide bonds. The van der Waals surface area contributed by atoms with Crippen molar-refractivity contribution < 1.29 is 24.9 Å². The van der Waals surface area contributed by atoms with E-state index in [1.54, 1.807) is 24.3 Å². The summed E-state index contributed by atoms with van der Waals surface area (Å²) in [6.07, 6.45) is 3.93. The molecule has 0 fully saturated rings. The van der Waals surface area contributed by atoms with Crippen molar-refractivity contribution in [2.24, 2.45) is 0 Å². The third-order valence-electron chi connectivity index (χ3n) is 3.54. The van der Waals surface area contributed by atoms with Gasteiger partial charge in [0.25, 0.3) is 0 Å². The van der Waals surface area contributed by atoms with Crippen molar-refractivity contribution in [2.75, 3.05) is 6.61 Å². The Balaban J connectivity index is 2.31. The lowest BCUT2D eigenvalue weighted by atomic mass is 10.0. The Hall–Kier alpha value is -1.59. The largest absolute Gasteiger partial charge is 0.494 e. The van der Waals surface area contributed by atoms with Gasteiger partial charge in [0.1, 0.15) is 11.9 Å². The van der Waals surface area contributed by atoms with E-state index in [4.69, 9.17) is 9.84 Å². The molecule has 3 N–H and O–H groups in total. The van der Waals surface area contributed by atoms with Crippen LogP contribution < -0.4 is 4.74 Å². The Morgan fingerprint density at radius 2 is 1.64 bits per heavy atom. The van der Waals surface area contributed by atoms with Crippen LogP contribution in [0.1, 0.15) is 57.1 Å². The molecule has 0 saturated heterocycles. The van der Waals surface area contributed by atoms with E-state index in [0.29, 0.717) is 17.9 Å². The SMILES string of the molecule is CCCCCCCCOc1ccc(C(O)C(O)C(=O)O)cc1. The van der Waals surface area contributed by atoms with Crippen LogP contribution in [0.2, 0.25) is 0 Å². The summed E-state index contributed by atoms with van der Waals surface area (Å²) in [5.41, 5.74) is 0.349. The van der Waals surface area contributed by atoms with Crippen molar-refractivity contribution >= 4 is 5.97 Å². The Kier molecular flexibility index (Phi) is 8.55. The van der Waals surface area contributed by atoms with Gasteiger partial charge < -0.3 is 20.1 Å². The lowest BCUT2D eigenvalue weighted by Crippen LogP contribution is -2.27. The van der Waals surface area contributed by atoms with Crippen LogP contribution in [0.4, 0.5) is 0 Å². The summed E-state index contributed by atoms with van der Waals surface area (Å²) in [7, 11) is 0. The molecule has 0 spiro atoms. The molecule has 0 aromatic heterocycles. The normalized spacial score (nSPS) is 13.6. The summed E-state index contributed by atoms with van der Waals surface area (Å²) in [4.78, 5) is 10.6. The van der Waals surface area contributed by atoms with Gasteiger partial charge in [0.2, 0.25) is 0 Å². The van der Waals surface area contributed by atoms with Crippen molar-refractivity contribution in [3.8, 4) is 5.75 Å². The molecular weight excluding hydrogens is 284 g/mol. The van der Waals surface area contributed by atoms with Crippen molar-refractivity contribution in [1.29, 1.82) is 0 Å². The molecule has 2 unspecified atom stereocenters. The van der Waals surface area contributed by atoms with Crippen LogP contribution >= 0.6 is 0 Å². The first-order valence-electron chi connectivity index (χ1n) is 7.88. The molecule has 0 bridgehead atoms. The Labute approximate surface area is 131 Å². The van der Waals surface area contributed by atoms with Gasteiger partial charge >= 0.3 is 5.97 Å². The van der Waals surface area contributed by atoms with Gasteiger partial charge in [0, 0.05) is 0 Å². The zero-order valence-corrected chi connectivity index (χ0v) is 13.1. The highest BCUT2D eigenvalue weighted by atomic mass is 16.5. The summed E-state index contributed by atoms with van der Waals surface area (Å²) < 4.78 is 5.59. The van der Waals surface area contributed by atoms with Gasteiger partial charge in [0.15, 0.2) is 6.10 Å². The van der Waals surface area contributed by atoms with Gasteiger partial charge in [-0.25, -0.2) is 4.79 Å². The number of hydrogen-bond donors (Lipinski definition) is 3. The van der Waals surface area contributed by atoms with Crippen LogP contribution in [0, 0.1) is 0 Å². The number of unbranched alkanes of at least 4 members (excludes halogenated alkanes) is 5. The van der Waals surface area contributed by atoms with E-state index in [2.05, 4.69) is 6.92 Å². The van der Waals surface area contributed by atoms with E-state index in [-0.39, 0.29) is 0 Å². The topological polar surface area (TPSA) is 87.0 Å². The fourth-order valence-corrected chi connectivity index (χ4v) is 2.15. The monoisotopic (exact) mass is 310 g/mol.